The fraction of sp³-hybridized carbons (Fsp3) is 0.868. The first-order valence-corrected chi connectivity index (χ1v) is 17.8. The summed E-state index contributed by atoms with van der Waals surface area (Å²) < 4.78 is 0. The van der Waals surface area contributed by atoms with Gasteiger partial charge in [0.15, 0.2) is 0 Å². The van der Waals surface area contributed by atoms with E-state index < -0.39 is 0 Å². The predicted octanol–water partition coefficient (Wildman–Crippen LogP) is 11.9. The van der Waals surface area contributed by atoms with Gasteiger partial charge >= 0.3 is 0 Å². The van der Waals surface area contributed by atoms with E-state index >= 15 is 0 Å². The molecule has 1 aromatic heterocycles. The molecule has 5 rings (SSSR count). The highest BCUT2D eigenvalue weighted by molar-refractivity contribution is 5.19. The minimum atomic E-state index is 0.149. The van der Waals surface area contributed by atoms with Crippen molar-refractivity contribution in [3.05, 3.63) is 29.6 Å². The highest BCUT2D eigenvalue weighted by atomic mass is 14.7. The molecule has 0 aliphatic heterocycles. The quantitative estimate of drug-likeness (QED) is 0.362. The van der Waals surface area contributed by atoms with Gasteiger partial charge in [0.1, 0.15) is 0 Å². The number of aromatic nitrogens is 1. The molecule has 0 aromatic carbocycles. The molecule has 0 saturated heterocycles. The molecule has 0 amide bonds. The maximum absolute atomic E-state index is 4.82. The second-order valence-corrected chi connectivity index (χ2v) is 13.9. The van der Waals surface area contributed by atoms with Crippen LogP contribution in [-0.2, 0) is 11.8 Å². The molecule has 1 heteroatoms. The molecule has 0 bridgehead atoms. The van der Waals surface area contributed by atoms with Crippen molar-refractivity contribution in [1.29, 1.82) is 0 Å². The zero-order valence-electron chi connectivity index (χ0n) is 28.4. The van der Waals surface area contributed by atoms with Gasteiger partial charge < -0.3 is 0 Å². The van der Waals surface area contributed by atoms with Crippen LogP contribution in [0.25, 0.3) is 0 Å². The Balaban J connectivity index is 0.000000833. The molecule has 226 valence electrons. The lowest BCUT2D eigenvalue weighted by atomic mass is 9.52. The zero-order chi connectivity index (χ0) is 29.2. The van der Waals surface area contributed by atoms with E-state index in [2.05, 4.69) is 52.9 Å². The smallest absolute Gasteiger partial charge is 0.0457 e. The average molecular weight is 540 g/mol. The van der Waals surface area contributed by atoms with Crippen LogP contribution in [-0.4, -0.2) is 4.98 Å². The van der Waals surface area contributed by atoms with Gasteiger partial charge in [-0.05, 0) is 123 Å². The fourth-order valence-electron chi connectivity index (χ4n) is 9.54. The van der Waals surface area contributed by atoms with Crippen LogP contribution in [0.3, 0.4) is 0 Å². The molecule has 0 N–H and O–H groups in total. The fourth-order valence-corrected chi connectivity index (χ4v) is 9.54. The van der Waals surface area contributed by atoms with E-state index in [1.54, 1.807) is 44.9 Å². The Kier molecular flexibility index (Phi) is 14.6. The summed E-state index contributed by atoms with van der Waals surface area (Å²) in [5.41, 5.74) is 2.82. The van der Waals surface area contributed by atoms with Crippen molar-refractivity contribution in [2.45, 2.75) is 159 Å². The zero-order valence-corrected chi connectivity index (χ0v) is 28.4. The first-order chi connectivity index (χ1) is 18.8. The number of pyridine rings is 1. The van der Waals surface area contributed by atoms with Gasteiger partial charge in [-0.2, -0.15) is 0 Å². The summed E-state index contributed by atoms with van der Waals surface area (Å²) in [4.78, 5) is 4.82. The Bertz CT molecular complexity index is 773. The minimum absolute atomic E-state index is 0.149. The Hall–Kier alpha value is -0.850. The van der Waals surface area contributed by atoms with Crippen molar-refractivity contribution in [2.24, 2.45) is 53.3 Å². The topological polar surface area (TPSA) is 12.9 Å². The third-order valence-electron chi connectivity index (χ3n) is 11.0. The molecule has 4 aliphatic rings. The summed E-state index contributed by atoms with van der Waals surface area (Å²) in [6, 6.07) is 4.64. The standard InChI is InChI=1S/C32H51N.3C2H6/c1-6-7-22-8-11-26-24(19-22)10-12-29-28(26)16-15-27-25(13-14-30(27)29)21(2)18-23-9-17-31(33-20-23)32(3,4)5;3*1-2/h9,17,20-22,24-30H,6-8,10-16,18-19H2,1-5H3;3*1-2H3. The number of fused-ring (bicyclic) bond motifs is 5. The highest BCUT2D eigenvalue weighted by Crippen LogP contribution is 2.60. The predicted molar refractivity (Wildman–Crippen MR) is 174 cm³/mol. The third-order valence-corrected chi connectivity index (χ3v) is 11.0. The van der Waals surface area contributed by atoms with E-state index in [0.717, 1.165) is 53.3 Å². The summed E-state index contributed by atoms with van der Waals surface area (Å²) in [5.74, 6) is 9.27. The van der Waals surface area contributed by atoms with Crippen molar-refractivity contribution < 1.29 is 0 Å². The van der Waals surface area contributed by atoms with Crippen LogP contribution in [0.5, 0.6) is 0 Å². The van der Waals surface area contributed by atoms with Crippen molar-refractivity contribution in [3.8, 4) is 0 Å². The number of hydrogen-bond acceptors (Lipinski definition) is 1. The molecule has 9 unspecified atom stereocenters. The summed E-state index contributed by atoms with van der Waals surface area (Å²) in [6.45, 7) is 23.7. The molecular formula is C38H69N. The van der Waals surface area contributed by atoms with Crippen molar-refractivity contribution in [3.63, 3.8) is 0 Å². The lowest BCUT2D eigenvalue weighted by molar-refractivity contribution is -0.0375. The number of nitrogens with zero attached hydrogens (tertiary/aromatic N) is 1. The van der Waals surface area contributed by atoms with Gasteiger partial charge in [-0.3, -0.25) is 4.98 Å². The molecule has 9 atom stereocenters. The molecule has 0 radical (unpaired) electrons. The average Bonchev–Trinajstić information content (AvgIpc) is 3.41. The van der Waals surface area contributed by atoms with Gasteiger partial charge in [-0.1, -0.05) is 101 Å². The second-order valence-electron chi connectivity index (χ2n) is 13.9. The third kappa shape index (κ3) is 8.35. The van der Waals surface area contributed by atoms with Crippen molar-refractivity contribution in [2.75, 3.05) is 0 Å². The SMILES string of the molecule is CC.CC.CC.CCCC1CCC2C(CCC3C2CCC2C(C(C)Cc4ccc(C(C)(C)C)nc4)CCC23)C1. The lowest BCUT2D eigenvalue weighted by Gasteiger charge is -2.53. The van der Waals surface area contributed by atoms with E-state index in [9.17, 15) is 0 Å². The van der Waals surface area contributed by atoms with E-state index in [-0.39, 0.29) is 5.41 Å². The van der Waals surface area contributed by atoms with Crippen LogP contribution in [0.4, 0.5) is 0 Å². The lowest BCUT2D eigenvalue weighted by Crippen LogP contribution is -2.45. The van der Waals surface area contributed by atoms with Gasteiger partial charge in [0.25, 0.3) is 0 Å². The largest absolute Gasteiger partial charge is 0.260 e. The molecule has 4 fully saturated rings. The molecule has 0 spiro atoms. The van der Waals surface area contributed by atoms with E-state index in [0.29, 0.717) is 0 Å². The number of rotatable bonds is 5. The maximum atomic E-state index is 4.82. The summed E-state index contributed by atoms with van der Waals surface area (Å²) in [7, 11) is 0. The molecule has 1 aromatic rings. The molecule has 4 saturated carbocycles. The highest BCUT2D eigenvalue weighted by Gasteiger charge is 2.52. The van der Waals surface area contributed by atoms with Crippen LogP contribution in [0.2, 0.25) is 0 Å². The van der Waals surface area contributed by atoms with E-state index in [1.165, 1.54) is 43.4 Å². The van der Waals surface area contributed by atoms with Gasteiger partial charge in [-0.15, -0.1) is 0 Å². The van der Waals surface area contributed by atoms with E-state index in [1.807, 2.05) is 41.5 Å². The Morgan fingerprint density at radius 3 is 1.92 bits per heavy atom. The van der Waals surface area contributed by atoms with Crippen LogP contribution in [0.1, 0.15) is 158 Å². The van der Waals surface area contributed by atoms with Crippen molar-refractivity contribution in [1.82, 2.24) is 4.98 Å². The van der Waals surface area contributed by atoms with E-state index in [4.69, 9.17) is 4.98 Å². The summed E-state index contributed by atoms with van der Waals surface area (Å²) in [5, 5.41) is 0. The molecule has 1 nitrogen and oxygen atoms in total. The van der Waals surface area contributed by atoms with Gasteiger partial charge in [0, 0.05) is 17.3 Å². The first-order valence-electron chi connectivity index (χ1n) is 17.8. The first kappa shape index (κ1) is 34.4. The normalized spacial score (nSPS) is 33.8. The van der Waals surface area contributed by atoms with Crippen LogP contribution in [0, 0.1) is 53.3 Å². The second kappa shape index (κ2) is 16.6. The minimum Gasteiger partial charge on any atom is -0.260 e. The Morgan fingerprint density at radius 2 is 1.31 bits per heavy atom. The van der Waals surface area contributed by atoms with Crippen LogP contribution < -0.4 is 0 Å². The van der Waals surface area contributed by atoms with Gasteiger partial charge in [-0.25, -0.2) is 0 Å². The molecular weight excluding hydrogens is 470 g/mol. The van der Waals surface area contributed by atoms with Gasteiger partial charge in [0.05, 0.1) is 0 Å². The maximum Gasteiger partial charge on any atom is 0.0457 e. The monoisotopic (exact) mass is 540 g/mol. The number of hydrogen-bond donors (Lipinski definition) is 0. The molecule has 4 aliphatic carbocycles. The van der Waals surface area contributed by atoms with Crippen LogP contribution in [0.15, 0.2) is 18.3 Å². The Morgan fingerprint density at radius 1 is 0.744 bits per heavy atom. The van der Waals surface area contributed by atoms with Crippen LogP contribution >= 0.6 is 0 Å². The molecule has 39 heavy (non-hydrogen) atoms. The van der Waals surface area contributed by atoms with Gasteiger partial charge in [0.2, 0.25) is 0 Å². The Labute approximate surface area is 246 Å². The molecule has 1 heterocycles. The summed E-state index contributed by atoms with van der Waals surface area (Å²) in [6.07, 6.45) is 20.3. The van der Waals surface area contributed by atoms with Crippen molar-refractivity contribution >= 4 is 0 Å². The summed E-state index contributed by atoms with van der Waals surface area (Å²) >= 11 is 0.